The van der Waals surface area contributed by atoms with Crippen LogP contribution < -0.4 is 10.2 Å². The normalized spacial score (nSPS) is 19.5. The van der Waals surface area contributed by atoms with Crippen molar-refractivity contribution in [3.05, 3.63) is 28.3 Å². The van der Waals surface area contributed by atoms with Crippen molar-refractivity contribution in [1.29, 1.82) is 0 Å². The maximum Gasteiger partial charge on any atom is 0.273 e. The lowest BCUT2D eigenvalue weighted by atomic mass is 10.1. The summed E-state index contributed by atoms with van der Waals surface area (Å²) in [4.78, 5) is 13.1. The molecule has 0 aromatic heterocycles. The van der Waals surface area contributed by atoms with Gasteiger partial charge in [-0.2, -0.15) is 0 Å². The third-order valence-corrected chi connectivity index (χ3v) is 3.88. The Morgan fingerprint density at radius 1 is 1.35 bits per heavy atom. The van der Waals surface area contributed by atoms with Gasteiger partial charge in [0.15, 0.2) is 0 Å². The number of nitro benzene ring substituents is 1. The van der Waals surface area contributed by atoms with E-state index in [2.05, 4.69) is 17.1 Å². The first-order chi connectivity index (χ1) is 9.61. The second kappa shape index (κ2) is 6.59. The summed E-state index contributed by atoms with van der Waals surface area (Å²) in [5.74, 6) is 0. The topological polar surface area (TPSA) is 58.4 Å². The van der Waals surface area contributed by atoms with Crippen LogP contribution in [0.4, 0.5) is 17.1 Å². The zero-order valence-corrected chi connectivity index (χ0v) is 12.3. The Balaban J connectivity index is 2.35. The van der Waals surface area contributed by atoms with Crippen LogP contribution in [0.25, 0.3) is 0 Å². The minimum absolute atomic E-state index is 0.162. The lowest BCUT2D eigenvalue weighted by Gasteiger charge is -2.29. The van der Waals surface area contributed by atoms with Crippen molar-refractivity contribution < 1.29 is 4.92 Å². The number of nitrogens with zero attached hydrogens (tertiary/aromatic N) is 2. The third-order valence-electron chi connectivity index (χ3n) is 3.88. The molecule has 2 rings (SSSR count). The van der Waals surface area contributed by atoms with Gasteiger partial charge in [-0.15, -0.1) is 0 Å². The van der Waals surface area contributed by atoms with E-state index in [-0.39, 0.29) is 10.6 Å². The zero-order valence-electron chi connectivity index (χ0n) is 12.3. The molecule has 1 saturated heterocycles. The maximum atomic E-state index is 11.1. The summed E-state index contributed by atoms with van der Waals surface area (Å²) in [6.07, 6.45) is 4.80. The van der Waals surface area contributed by atoms with Gasteiger partial charge in [0.2, 0.25) is 0 Å². The van der Waals surface area contributed by atoms with Crippen LogP contribution in [0.5, 0.6) is 0 Å². The Hall–Kier alpha value is -1.78. The second-order valence-electron chi connectivity index (χ2n) is 5.42. The van der Waals surface area contributed by atoms with Crippen molar-refractivity contribution in [2.75, 3.05) is 23.3 Å². The summed E-state index contributed by atoms with van der Waals surface area (Å²) < 4.78 is 0. The van der Waals surface area contributed by atoms with Crippen LogP contribution in [0.3, 0.4) is 0 Å². The Kier molecular flexibility index (Phi) is 4.82. The van der Waals surface area contributed by atoms with Gasteiger partial charge in [0, 0.05) is 42.6 Å². The van der Waals surface area contributed by atoms with Crippen molar-refractivity contribution in [2.24, 2.45) is 0 Å². The quantitative estimate of drug-likeness (QED) is 0.672. The van der Waals surface area contributed by atoms with Gasteiger partial charge in [-0.25, -0.2) is 0 Å². The highest BCUT2D eigenvalue weighted by Crippen LogP contribution is 2.30. The fourth-order valence-corrected chi connectivity index (χ4v) is 2.83. The fraction of sp³-hybridized carbons (Fsp3) is 0.600. The molecule has 1 heterocycles. The fourth-order valence-electron chi connectivity index (χ4n) is 2.83. The van der Waals surface area contributed by atoms with Crippen LogP contribution in [0.1, 0.15) is 39.5 Å². The number of rotatable bonds is 4. The van der Waals surface area contributed by atoms with E-state index < -0.39 is 0 Å². The Morgan fingerprint density at radius 3 is 2.85 bits per heavy atom. The summed E-state index contributed by atoms with van der Waals surface area (Å²) in [6, 6.07) is 5.77. The highest BCUT2D eigenvalue weighted by Gasteiger charge is 2.20. The van der Waals surface area contributed by atoms with Gasteiger partial charge in [-0.1, -0.05) is 12.8 Å². The number of nitro groups is 1. The highest BCUT2D eigenvalue weighted by atomic mass is 16.6. The van der Waals surface area contributed by atoms with Crippen molar-refractivity contribution in [1.82, 2.24) is 0 Å². The number of hydrogen-bond acceptors (Lipinski definition) is 4. The van der Waals surface area contributed by atoms with E-state index in [0.29, 0.717) is 6.04 Å². The molecular formula is C15H23N3O2. The molecule has 1 aromatic rings. The van der Waals surface area contributed by atoms with Crippen LogP contribution in [-0.4, -0.2) is 24.1 Å². The molecule has 110 valence electrons. The van der Waals surface area contributed by atoms with Gasteiger partial charge < -0.3 is 10.2 Å². The van der Waals surface area contributed by atoms with Gasteiger partial charge in [-0.05, 0) is 32.8 Å². The summed E-state index contributed by atoms with van der Waals surface area (Å²) in [5.41, 5.74) is 1.95. The number of nitrogens with one attached hydrogen (secondary N) is 1. The summed E-state index contributed by atoms with van der Waals surface area (Å²) in [5, 5.41) is 14.3. The molecule has 0 saturated carbocycles. The van der Waals surface area contributed by atoms with Crippen molar-refractivity contribution in [3.8, 4) is 0 Å². The largest absolute Gasteiger partial charge is 0.385 e. The van der Waals surface area contributed by atoms with Crippen molar-refractivity contribution >= 4 is 17.1 Å². The molecule has 1 atom stereocenters. The second-order valence-corrected chi connectivity index (χ2v) is 5.42. The van der Waals surface area contributed by atoms with E-state index in [1.165, 1.54) is 12.8 Å². The number of hydrogen-bond donors (Lipinski definition) is 1. The van der Waals surface area contributed by atoms with Gasteiger partial charge in [0.25, 0.3) is 5.69 Å². The van der Waals surface area contributed by atoms with Gasteiger partial charge in [0.1, 0.15) is 0 Å². The summed E-state index contributed by atoms with van der Waals surface area (Å²) in [6.45, 7) is 5.94. The first-order valence-corrected chi connectivity index (χ1v) is 7.42. The summed E-state index contributed by atoms with van der Waals surface area (Å²) in [7, 11) is 0. The van der Waals surface area contributed by atoms with Crippen LogP contribution in [0.2, 0.25) is 0 Å². The molecule has 1 aliphatic rings. The molecule has 1 fully saturated rings. The Morgan fingerprint density at radius 2 is 2.15 bits per heavy atom. The molecule has 1 aromatic carbocycles. The van der Waals surface area contributed by atoms with Crippen molar-refractivity contribution in [2.45, 2.75) is 45.6 Å². The molecule has 0 bridgehead atoms. The lowest BCUT2D eigenvalue weighted by molar-refractivity contribution is -0.384. The SMILES string of the molecule is CCNc1cc(N2CCCCCC2C)cc([N+](=O)[O-])c1. The van der Waals surface area contributed by atoms with E-state index in [0.717, 1.165) is 37.3 Å². The molecule has 0 amide bonds. The molecule has 20 heavy (non-hydrogen) atoms. The molecule has 1 aliphatic heterocycles. The van der Waals surface area contributed by atoms with Gasteiger partial charge in [-0.3, -0.25) is 10.1 Å². The minimum Gasteiger partial charge on any atom is -0.385 e. The Bertz CT molecular complexity index is 476. The van der Waals surface area contributed by atoms with E-state index in [4.69, 9.17) is 0 Å². The van der Waals surface area contributed by atoms with E-state index in [1.807, 2.05) is 13.0 Å². The molecule has 0 spiro atoms. The molecule has 1 unspecified atom stereocenters. The number of anilines is 2. The standard InChI is InChI=1S/C15H23N3O2/c1-3-16-13-9-14(11-15(10-13)18(19)20)17-8-6-4-5-7-12(17)2/h9-12,16H,3-8H2,1-2H3. The highest BCUT2D eigenvalue weighted by molar-refractivity contribution is 5.65. The van der Waals surface area contributed by atoms with Crippen LogP contribution in [0, 0.1) is 10.1 Å². The summed E-state index contributed by atoms with van der Waals surface area (Å²) >= 11 is 0. The Labute approximate surface area is 120 Å². The number of non-ortho nitro benzene ring substituents is 1. The third kappa shape index (κ3) is 3.40. The smallest absolute Gasteiger partial charge is 0.273 e. The predicted molar refractivity (Wildman–Crippen MR) is 82.5 cm³/mol. The molecule has 1 N–H and O–H groups in total. The maximum absolute atomic E-state index is 11.1. The van der Waals surface area contributed by atoms with Gasteiger partial charge in [0.05, 0.1) is 4.92 Å². The van der Waals surface area contributed by atoms with Crippen LogP contribution >= 0.6 is 0 Å². The van der Waals surface area contributed by atoms with E-state index in [9.17, 15) is 10.1 Å². The van der Waals surface area contributed by atoms with Crippen molar-refractivity contribution in [3.63, 3.8) is 0 Å². The molecule has 0 radical (unpaired) electrons. The first-order valence-electron chi connectivity index (χ1n) is 7.42. The van der Waals surface area contributed by atoms with Crippen LogP contribution in [0.15, 0.2) is 18.2 Å². The lowest BCUT2D eigenvalue weighted by Crippen LogP contribution is -2.32. The van der Waals surface area contributed by atoms with Crippen LogP contribution in [-0.2, 0) is 0 Å². The molecular weight excluding hydrogens is 254 g/mol. The minimum atomic E-state index is -0.313. The average molecular weight is 277 g/mol. The van der Waals surface area contributed by atoms with Gasteiger partial charge >= 0.3 is 0 Å². The number of benzene rings is 1. The molecule has 0 aliphatic carbocycles. The average Bonchev–Trinajstić information content (AvgIpc) is 2.63. The zero-order chi connectivity index (χ0) is 14.5. The first kappa shape index (κ1) is 14.6. The molecule has 5 nitrogen and oxygen atoms in total. The molecule has 5 heteroatoms. The monoisotopic (exact) mass is 277 g/mol. The van der Waals surface area contributed by atoms with E-state index >= 15 is 0 Å². The predicted octanol–water partition coefficient (Wildman–Crippen LogP) is 3.80. The van der Waals surface area contributed by atoms with E-state index in [1.54, 1.807) is 12.1 Å².